The maximum atomic E-state index is 12.1. The van der Waals surface area contributed by atoms with Crippen LogP contribution in [0.4, 0.5) is 4.79 Å². The topological polar surface area (TPSA) is 72.5 Å². The second kappa shape index (κ2) is 6.50. The quantitative estimate of drug-likeness (QED) is 0.631. The van der Waals surface area contributed by atoms with Crippen LogP contribution >= 0.6 is 23.7 Å². The zero-order valence-electron chi connectivity index (χ0n) is 11.8. The van der Waals surface area contributed by atoms with Crippen LogP contribution in [0.2, 0.25) is 0 Å². The van der Waals surface area contributed by atoms with E-state index >= 15 is 0 Å². The second-order valence-electron chi connectivity index (χ2n) is 4.47. The molecule has 6 nitrogen and oxygen atoms in total. The lowest BCUT2D eigenvalue weighted by molar-refractivity contribution is 0.102. The highest BCUT2D eigenvalue weighted by Gasteiger charge is 2.14. The van der Waals surface area contributed by atoms with Gasteiger partial charge < -0.3 is 4.42 Å². The fraction of sp³-hybridized carbons (Fsp3) is 0.308. The Kier molecular flexibility index (Phi) is 4.92. The summed E-state index contributed by atoms with van der Waals surface area (Å²) in [4.78, 5) is 35.0. The van der Waals surface area contributed by atoms with Crippen molar-refractivity contribution in [2.45, 2.75) is 0 Å². The molecular formula is C13H14N2O4S2. The summed E-state index contributed by atoms with van der Waals surface area (Å²) in [5.74, 6) is -0.568. The molecule has 0 unspecified atom stereocenters. The molecule has 0 radical (unpaired) electrons. The third-order valence-electron chi connectivity index (χ3n) is 2.69. The van der Waals surface area contributed by atoms with Crippen LogP contribution in [0.3, 0.4) is 0 Å². The van der Waals surface area contributed by atoms with Gasteiger partial charge >= 0.3 is 5.76 Å². The summed E-state index contributed by atoms with van der Waals surface area (Å²) in [6.45, 7) is 0. The Morgan fingerprint density at radius 3 is 2.71 bits per heavy atom. The molecule has 0 N–H and O–H groups in total. The number of rotatable bonds is 4. The van der Waals surface area contributed by atoms with E-state index in [-0.39, 0.29) is 16.0 Å². The van der Waals surface area contributed by atoms with Crippen molar-refractivity contribution in [3.8, 4) is 0 Å². The van der Waals surface area contributed by atoms with Crippen LogP contribution in [0, 0.1) is 0 Å². The standard InChI is InChI=1S/C13H14N2O4S2/c1-14(2)21-13(18)20-7-10(16)8-4-5-11-9(6-8)15(3)12(17)19-11/h4-6H,7H2,1-3H3. The number of Topliss-reactive ketones (excluding diaryl/α,β-unsaturated/α-hetero) is 1. The molecule has 0 bridgehead atoms. The van der Waals surface area contributed by atoms with Crippen molar-refractivity contribution in [2.75, 3.05) is 19.8 Å². The van der Waals surface area contributed by atoms with Gasteiger partial charge in [0, 0.05) is 24.6 Å². The predicted octanol–water partition coefficient (Wildman–Crippen LogP) is 2.38. The summed E-state index contributed by atoms with van der Waals surface area (Å²) >= 11 is 2.01. The molecule has 0 atom stereocenters. The number of carbonyl (C=O) groups excluding carboxylic acids is 2. The van der Waals surface area contributed by atoms with Crippen LogP contribution in [-0.2, 0) is 7.05 Å². The normalized spacial score (nSPS) is 11.2. The Balaban J connectivity index is 2.11. The number of fused-ring (bicyclic) bond motifs is 1. The Hall–Kier alpha value is -1.51. The lowest BCUT2D eigenvalue weighted by Crippen LogP contribution is -2.09. The molecule has 0 spiro atoms. The second-order valence-corrected chi connectivity index (χ2v) is 6.97. The average molecular weight is 326 g/mol. The van der Waals surface area contributed by atoms with Crippen LogP contribution < -0.4 is 5.76 Å². The number of benzene rings is 1. The number of carbonyl (C=O) groups is 2. The summed E-state index contributed by atoms with van der Waals surface area (Å²) in [5, 5.41) is 0. The van der Waals surface area contributed by atoms with Crippen molar-refractivity contribution in [1.29, 1.82) is 0 Å². The van der Waals surface area contributed by atoms with E-state index in [2.05, 4.69) is 0 Å². The Bertz CT molecular complexity index is 748. The van der Waals surface area contributed by atoms with Crippen molar-refractivity contribution in [3.63, 3.8) is 0 Å². The third kappa shape index (κ3) is 3.78. The molecule has 21 heavy (non-hydrogen) atoms. The van der Waals surface area contributed by atoms with Gasteiger partial charge in [0.2, 0.25) is 0 Å². The van der Waals surface area contributed by atoms with Crippen LogP contribution in [0.25, 0.3) is 11.1 Å². The van der Waals surface area contributed by atoms with E-state index in [1.54, 1.807) is 43.6 Å². The van der Waals surface area contributed by atoms with Gasteiger partial charge in [-0.05, 0) is 32.3 Å². The minimum Gasteiger partial charge on any atom is -0.408 e. The lowest BCUT2D eigenvalue weighted by atomic mass is 10.1. The Labute approximate surface area is 129 Å². The lowest BCUT2D eigenvalue weighted by Gasteiger charge is -2.06. The fourth-order valence-corrected chi connectivity index (χ4v) is 3.23. The van der Waals surface area contributed by atoms with E-state index < -0.39 is 5.76 Å². The van der Waals surface area contributed by atoms with Crippen molar-refractivity contribution >= 4 is 45.0 Å². The number of hydrogen-bond acceptors (Lipinski definition) is 7. The van der Waals surface area contributed by atoms with Gasteiger partial charge in [-0.25, -0.2) is 9.10 Å². The third-order valence-corrected chi connectivity index (χ3v) is 4.43. The maximum absolute atomic E-state index is 12.1. The molecule has 0 fully saturated rings. The summed E-state index contributed by atoms with van der Waals surface area (Å²) in [6, 6.07) is 4.79. The first-order valence-electron chi connectivity index (χ1n) is 6.03. The van der Waals surface area contributed by atoms with Gasteiger partial charge in [0.15, 0.2) is 11.4 Å². The zero-order valence-corrected chi connectivity index (χ0v) is 13.4. The van der Waals surface area contributed by atoms with Gasteiger partial charge in [0.1, 0.15) is 0 Å². The number of nitrogens with zero attached hydrogens (tertiary/aromatic N) is 2. The largest absolute Gasteiger partial charge is 0.419 e. The highest BCUT2D eigenvalue weighted by molar-refractivity contribution is 8.37. The van der Waals surface area contributed by atoms with Crippen LogP contribution in [0.15, 0.2) is 27.4 Å². The molecule has 0 aliphatic heterocycles. The van der Waals surface area contributed by atoms with E-state index in [1.807, 2.05) is 0 Å². The first kappa shape index (κ1) is 15.9. The molecule has 8 heteroatoms. The number of ketones is 1. The number of oxazole rings is 1. The van der Waals surface area contributed by atoms with Crippen LogP contribution in [-0.4, -0.2) is 39.0 Å². The summed E-state index contributed by atoms with van der Waals surface area (Å²) in [5.41, 5.74) is 1.45. The van der Waals surface area contributed by atoms with Gasteiger partial charge in [-0.1, -0.05) is 11.8 Å². The summed E-state index contributed by atoms with van der Waals surface area (Å²) < 4.78 is 7.88. The van der Waals surface area contributed by atoms with E-state index in [4.69, 9.17) is 4.42 Å². The highest BCUT2D eigenvalue weighted by atomic mass is 32.2. The van der Waals surface area contributed by atoms with E-state index in [0.29, 0.717) is 16.7 Å². The van der Waals surface area contributed by atoms with Gasteiger partial charge in [0.25, 0.3) is 4.45 Å². The molecule has 0 aliphatic rings. The average Bonchev–Trinajstić information content (AvgIpc) is 2.70. The molecule has 0 amide bonds. The van der Waals surface area contributed by atoms with E-state index in [0.717, 1.165) is 23.7 Å². The molecule has 0 saturated heterocycles. The predicted molar refractivity (Wildman–Crippen MR) is 84.9 cm³/mol. The van der Waals surface area contributed by atoms with Crippen molar-refractivity contribution in [2.24, 2.45) is 7.05 Å². The Morgan fingerprint density at radius 2 is 2.05 bits per heavy atom. The van der Waals surface area contributed by atoms with E-state index in [9.17, 15) is 14.4 Å². The zero-order chi connectivity index (χ0) is 15.6. The number of hydrogen-bond donors (Lipinski definition) is 0. The monoisotopic (exact) mass is 326 g/mol. The number of thioether (sulfide) groups is 1. The molecule has 112 valence electrons. The molecular weight excluding hydrogens is 312 g/mol. The van der Waals surface area contributed by atoms with Gasteiger partial charge in [0.05, 0.1) is 11.3 Å². The smallest absolute Gasteiger partial charge is 0.408 e. The van der Waals surface area contributed by atoms with E-state index in [1.165, 1.54) is 4.57 Å². The minimum absolute atomic E-state index is 0.0664. The Morgan fingerprint density at radius 1 is 1.33 bits per heavy atom. The maximum Gasteiger partial charge on any atom is 0.419 e. The number of aromatic nitrogens is 1. The molecule has 0 aliphatic carbocycles. The van der Waals surface area contributed by atoms with Crippen molar-refractivity contribution in [3.05, 3.63) is 34.3 Å². The van der Waals surface area contributed by atoms with Crippen LogP contribution in [0.5, 0.6) is 0 Å². The SMILES string of the molecule is CN(C)SC(=O)SCC(=O)c1ccc2oc(=O)n(C)c2c1. The van der Waals surface area contributed by atoms with Gasteiger partial charge in [-0.3, -0.25) is 14.2 Å². The molecule has 2 aromatic rings. The molecule has 1 aromatic heterocycles. The first-order valence-corrected chi connectivity index (χ1v) is 7.79. The molecule has 1 aromatic carbocycles. The van der Waals surface area contributed by atoms with Crippen molar-refractivity contribution < 1.29 is 14.0 Å². The van der Waals surface area contributed by atoms with Crippen LogP contribution in [0.1, 0.15) is 10.4 Å². The van der Waals surface area contributed by atoms with Crippen molar-refractivity contribution in [1.82, 2.24) is 8.87 Å². The molecule has 0 saturated carbocycles. The molecule has 1 heterocycles. The van der Waals surface area contributed by atoms with Gasteiger partial charge in [-0.15, -0.1) is 0 Å². The minimum atomic E-state index is -0.471. The first-order chi connectivity index (χ1) is 9.88. The van der Waals surface area contributed by atoms with Gasteiger partial charge in [-0.2, -0.15) is 0 Å². The molecule has 2 rings (SSSR count). The summed E-state index contributed by atoms with van der Waals surface area (Å²) in [6.07, 6.45) is 0. The highest BCUT2D eigenvalue weighted by Crippen LogP contribution is 2.20. The number of aryl methyl sites for hydroxylation is 1. The summed E-state index contributed by atoms with van der Waals surface area (Å²) in [7, 11) is 5.10. The fourth-order valence-electron chi connectivity index (χ4n) is 1.68.